The molecule has 0 spiro atoms. The lowest BCUT2D eigenvalue weighted by Crippen LogP contribution is -2.55. The molecular weight excluding hydrogens is 490 g/mol. The van der Waals surface area contributed by atoms with Gasteiger partial charge in [0.25, 0.3) is 0 Å². The van der Waals surface area contributed by atoms with Crippen LogP contribution in [0.1, 0.15) is 69.4 Å². The fraction of sp³-hybridized carbons (Fsp3) is 0.531. The highest BCUT2D eigenvalue weighted by molar-refractivity contribution is 5.91. The molecule has 1 aliphatic heterocycles. The summed E-state index contributed by atoms with van der Waals surface area (Å²) < 4.78 is 5.40. The maximum atomic E-state index is 14.0. The molecule has 1 fully saturated rings. The molecule has 1 heterocycles. The van der Waals surface area contributed by atoms with Crippen molar-refractivity contribution in [2.75, 3.05) is 26.7 Å². The largest absolute Gasteiger partial charge is 0.464 e. The van der Waals surface area contributed by atoms with Crippen molar-refractivity contribution >= 4 is 17.8 Å². The number of benzene rings is 2. The molecule has 2 amide bonds. The van der Waals surface area contributed by atoms with Crippen LogP contribution in [0.4, 0.5) is 0 Å². The summed E-state index contributed by atoms with van der Waals surface area (Å²) in [7, 11) is 1.59. The van der Waals surface area contributed by atoms with Gasteiger partial charge in [0, 0.05) is 20.0 Å². The first-order valence-corrected chi connectivity index (χ1v) is 14.5. The van der Waals surface area contributed by atoms with Gasteiger partial charge in [0.05, 0.1) is 12.6 Å². The monoisotopic (exact) mass is 535 g/mol. The summed E-state index contributed by atoms with van der Waals surface area (Å²) in [4.78, 5) is 43.6. The van der Waals surface area contributed by atoms with Crippen LogP contribution >= 0.6 is 0 Å². The van der Waals surface area contributed by atoms with Gasteiger partial charge in [-0.1, -0.05) is 93.3 Å². The Balaban J connectivity index is 1.90. The van der Waals surface area contributed by atoms with Crippen LogP contribution in [-0.2, 0) is 32.1 Å². The standard InChI is InChI=1S/C32H45N3O4/c1-3-4-5-13-20-29-31(37)33-28(23-26-16-9-6-10-17-26)32(38)34(2)25-30(36)39-22-15-8-14-21-35(29)24-27-18-11-7-12-19-27/h6-7,9-12,16-19,28-29H,3-5,8,13-15,20-25H2,1-2H3,(H,33,37). The molecular formula is C32H45N3O4. The zero-order valence-electron chi connectivity index (χ0n) is 23.6. The van der Waals surface area contributed by atoms with E-state index >= 15 is 0 Å². The molecule has 1 aliphatic rings. The van der Waals surface area contributed by atoms with Crippen LogP contribution in [0.25, 0.3) is 0 Å². The fourth-order valence-corrected chi connectivity index (χ4v) is 5.09. The number of rotatable bonds is 9. The van der Waals surface area contributed by atoms with Crippen LogP contribution in [0.3, 0.4) is 0 Å². The van der Waals surface area contributed by atoms with Crippen molar-refractivity contribution in [2.45, 2.75) is 83.3 Å². The van der Waals surface area contributed by atoms with Crippen molar-refractivity contribution < 1.29 is 19.1 Å². The quantitative estimate of drug-likeness (QED) is 0.371. The molecule has 1 N–H and O–H groups in total. The van der Waals surface area contributed by atoms with E-state index in [1.807, 2.05) is 48.5 Å². The van der Waals surface area contributed by atoms with Crippen LogP contribution < -0.4 is 5.32 Å². The number of hydrogen-bond donors (Lipinski definition) is 1. The van der Waals surface area contributed by atoms with Crippen molar-refractivity contribution in [1.82, 2.24) is 15.1 Å². The highest BCUT2D eigenvalue weighted by Crippen LogP contribution is 2.18. The van der Waals surface area contributed by atoms with E-state index in [-0.39, 0.29) is 24.4 Å². The Labute approximate surface area is 233 Å². The summed E-state index contributed by atoms with van der Waals surface area (Å²) in [6.45, 7) is 3.80. The molecule has 0 saturated carbocycles. The first-order valence-electron chi connectivity index (χ1n) is 14.5. The van der Waals surface area contributed by atoms with Crippen molar-refractivity contribution in [2.24, 2.45) is 0 Å². The lowest BCUT2D eigenvalue weighted by molar-refractivity contribution is -0.149. The third-order valence-corrected chi connectivity index (χ3v) is 7.30. The van der Waals surface area contributed by atoms with Gasteiger partial charge < -0.3 is 15.0 Å². The number of amides is 2. The molecule has 1 saturated heterocycles. The van der Waals surface area contributed by atoms with Gasteiger partial charge in [-0.25, -0.2) is 0 Å². The van der Waals surface area contributed by atoms with Crippen LogP contribution in [0.15, 0.2) is 60.7 Å². The highest BCUT2D eigenvalue weighted by Gasteiger charge is 2.31. The molecule has 2 aromatic carbocycles. The van der Waals surface area contributed by atoms with E-state index in [2.05, 4.69) is 29.3 Å². The van der Waals surface area contributed by atoms with Crippen LogP contribution in [-0.4, -0.2) is 66.4 Å². The van der Waals surface area contributed by atoms with Crippen molar-refractivity contribution in [1.29, 1.82) is 0 Å². The van der Waals surface area contributed by atoms with E-state index in [0.29, 0.717) is 19.6 Å². The Hall–Kier alpha value is -3.19. The molecule has 212 valence electrons. The SMILES string of the molecule is CCCCCCC1C(=O)NC(Cc2ccccc2)C(=O)N(C)CC(=O)OCCCCCN1Cc1ccccc1. The molecule has 2 atom stereocenters. The van der Waals surface area contributed by atoms with Gasteiger partial charge in [0.15, 0.2) is 0 Å². The van der Waals surface area contributed by atoms with Gasteiger partial charge in [-0.2, -0.15) is 0 Å². The molecule has 39 heavy (non-hydrogen) atoms. The Morgan fingerprint density at radius 3 is 2.26 bits per heavy atom. The number of ether oxygens (including phenoxy) is 1. The van der Waals surface area contributed by atoms with Crippen LogP contribution in [0.2, 0.25) is 0 Å². The normalized spacial score (nSPS) is 20.6. The summed E-state index contributed by atoms with van der Waals surface area (Å²) in [6, 6.07) is 18.8. The molecule has 3 rings (SSSR count). The Morgan fingerprint density at radius 2 is 1.56 bits per heavy atom. The minimum Gasteiger partial charge on any atom is -0.464 e. The average Bonchev–Trinajstić information content (AvgIpc) is 2.94. The lowest BCUT2D eigenvalue weighted by Gasteiger charge is -2.33. The predicted octanol–water partition coefficient (Wildman–Crippen LogP) is 4.74. The van der Waals surface area contributed by atoms with Crippen molar-refractivity contribution in [3.63, 3.8) is 0 Å². The molecule has 7 heteroatoms. The van der Waals surface area contributed by atoms with E-state index in [9.17, 15) is 14.4 Å². The Kier molecular flexibility index (Phi) is 13.0. The van der Waals surface area contributed by atoms with Crippen LogP contribution in [0.5, 0.6) is 0 Å². The highest BCUT2D eigenvalue weighted by atomic mass is 16.5. The van der Waals surface area contributed by atoms with Gasteiger partial charge in [0.1, 0.15) is 12.6 Å². The van der Waals surface area contributed by atoms with Gasteiger partial charge >= 0.3 is 5.97 Å². The van der Waals surface area contributed by atoms with Gasteiger partial charge in [0.2, 0.25) is 11.8 Å². The van der Waals surface area contributed by atoms with E-state index in [1.165, 1.54) is 4.90 Å². The summed E-state index contributed by atoms with van der Waals surface area (Å²) >= 11 is 0. The second-order valence-electron chi connectivity index (χ2n) is 10.5. The van der Waals surface area contributed by atoms with Gasteiger partial charge in [-0.15, -0.1) is 0 Å². The zero-order chi connectivity index (χ0) is 27.9. The fourth-order valence-electron chi connectivity index (χ4n) is 5.09. The summed E-state index contributed by atoms with van der Waals surface area (Å²) in [5.74, 6) is -0.842. The number of carbonyl (C=O) groups excluding carboxylic acids is 3. The third-order valence-electron chi connectivity index (χ3n) is 7.30. The maximum absolute atomic E-state index is 14.0. The minimum absolute atomic E-state index is 0.123. The third kappa shape index (κ3) is 10.5. The molecule has 0 radical (unpaired) electrons. The molecule has 7 nitrogen and oxygen atoms in total. The first kappa shape index (κ1) is 30.4. The summed E-state index contributed by atoms with van der Waals surface area (Å²) in [5.41, 5.74) is 2.11. The lowest BCUT2D eigenvalue weighted by atomic mass is 10.0. The van der Waals surface area contributed by atoms with E-state index in [1.54, 1.807) is 7.05 Å². The second-order valence-corrected chi connectivity index (χ2v) is 10.5. The maximum Gasteiger partial charge on any atom is 0.325 e. The minimum atomic E-state index is -0.778. The second kappa shape index (κ2) is 16.7. The molecule has 2 unspecified atom stereocenters. The number of cyclic esters (lactones) is 1. The number of nitrogens with one attached hydrogen (secondary N) is 1. The number of esters is 1. The number of hydrogen-bond acceptors (Lipinski definition) is 5. The zero-order valence-corrected chi connectivity index (χ0v) is 23.6. The van der Waals surface area contributed by atoms with Crippen LogP contribution in [0, 0.1) is 0 Å². The van der Waals surface area contributed by atoms with Crippen molar-refractivity contribution in [3.8, 4) is 0 Å². The van der Waals surface area contributed by atoms with E-state index in [0.717, 1.165) is 69.0 Å². The summed E-state index contributed by atoms with van der Waals surface area (Å²) in [6.07, 6.45) is 7.95. The summed E-state index contributed by atoms with van der Waals surface area (Å²) in [5, 5.41) is 3.11. The smallest absolute Gasteiger partial charge is 0.325 e. The number of nitrogens with zero attached hydrogens (tertiary/aromatic N) is 2. The predicted molar refractivity (Wildman–Crippen MR) is 154 cm³/mol. The molecule has 0 bridgehead atoms. The molecule has 0 aliphatic carbocycles. The molecule has 2 aromatic rings. The number of carbonyl (C=O) groups is 3. The van der Waals surface area contributed by atoms with Crippen molar-refractivity contribution in [3.05, 3.63) is 71.8 Å². The van der Waals surface area contributed by atoms with E-state index in [4.69, 9.17) is 4.74 Å². The topological polar surface area (TPSA) is 79.0 Å². The van der Waals surface area contributed by atoms with Gasteiger partial charge in [-0.3, -0.25) is 19.3 Å². The number of likely N-dealkylation sites (N-methyl/N-ethyl adjacent to an activating group) is 1. The Morgan fingerprint density at radius 1 is 0.872 bits per heavy atom. The molecule has 0 aromatic heterocycles. The Bertz CT molecular complexity index is 1010. The first-order chi connectivity index (χ1) is 19.0. The average molecular weight is 536 g/mol. The van der Waals surface area contributed by atoms with Gasteiger partial charge in [-0.05, 0) is 43.4 Å². The number of unbranched alkanes of at least 4 members (excludes halogenated alkanes) is 3. The van der Waals surface area contributed by atoms with E-state index < -0.39 is 12.0 Å².